The molecule has 1 aliphatic rings. The normalized spacial score (nSPS) is 16.2. The number of thiophene rings is 1. The topological polar surface area (TPSA) is 72.1 Å². The molecule has 156 valence electrons. The number of rotatable bonds is 7. The number of para-hydroxylation sites is 1. The van der Waals surface area contributed by atoms with E-state index in [0.717, 1.165) is 43.5 Å². The van der Waals surface area contributed by atoms with Gasteiger partial charge in [-0.05, 0) is 35.7 Å². The van der Waals surface area contributed by atoms with E-state index in [0.29, 0.717) is 12.5 Å². The summed E-state index contributed by atoms with van der Waals surface area (Å²) in [6.07, 6.45) is 0. The maximum Gasteiger partial charge on any atom is 0.193 e. The van der Waals surface area contributed by atoms with Crippen LogP contribution in [0.1, 0.15) is 10.9 Å². The van der Waals surface area contributed by atoms with Crippen molar-refractivity contribution in [2.75, 3.05) is 38.2 Å². The Morgan fingerprint density at radius 2 is 1.87 bits per heavy atom. The molecule has 1 aliphatic heterocycles. The Morgan fingerprint density at radius 3 is 2.63 bits per heavy atom. The summed E-state index contributed by atoms with van der Waals surface area (Å²) in [5, 5.41) is 5.28. The molecule has 1 aromatic heterocycles. The number of guanidine groups is 1. The summed E-state index contributed by atoms with van der Waals surface area (Å²) in [6.45, 7) is 3.93. The Kier molecular flexibility index (Phi) is 6.97. The lowest BCUT2D eigenvalue weighted by atomic mass is 10.2. The van der Waals surface area contributed by atoms with Crippen LogP contribution in [0.5, 0.6) is 11.5 Å². The van der Waals surface area contributed by atoms with E-state index in [2.05, 4.69) is 32.7 Å². The van der Waals surface area contributed by atoms with Crippen LogP contribution in [0.4, 0.5) is 5.69 Å². The average molecular weight is 423 g/mol. The molecule has 1 atom stereocenters. The van der Waals surface area contributed by atoms with Gasteiger partial charge in [0.1, 0.15) is 11.5 Å². The Balaban J connectivity index is 1.41. The number of nitrogens with zero attached hydrogens (tertiary/aromatic N) is 2. The standard InChI is InChI=1S/C23H26N4O2S/c24-23(25-17-21(22-10-5-15-30-22)27-11-13-28-14-12-27)26-18-6-4-9-20(16-18)29-19-7-2-1-3-8-19/h1-10,15-16,21H,11-14,17H2,(H3,24,25,26). The monoisotopic (exact) mass is 422 g/mol. The third-order valence-corrected chi connectivity index (χ3v) is 5.85. The van der Waals surface area contributed by atoms with Gasteiger partial charge in [0, 0.05) is 29.7 Å². The van der Waals surface area contributed by atoms with Gasteiger partial charge < -0.3 is 20.5 Å². The smallest absolute Gasteiger partial charge is 0.193 e. The number of anilines is 1. The van der Waals surface area contributed by atoms with Crippen LogP contribution < -0.4 is 15.8 Å². The van der Waals surface area contributed by atoms with Crippen molar-refractivity contribution in [1.29, 1.82) is 0 Å². The zero-order valence-electron chi connectivity index (χ0n) is 16.7. The molecule has 1 unspecified atom stereocenters. The maximum atomic E-state index is 6.20. The number of nitrogens with one attached hydrogen (secondary N) is 1. The van der Waals surface area contributed by atoms with Crippen molar-refractivity contribution < 1.29 is 9.47 Å². The van der Waals surface area contributed by atoms with Gasteiger partial charge in [-0.25, -0.2) is 0 Å². The summed E-state index contributed by atoms with van der Waals surface area (Å²) in [6, 6.07) is 21.8. The van der Waals surface area contributed by atoms with Crippen LogP contribution in [0.25, 0.3) is 0 Å². The number of benzene rings is 2. The van der Waals surface area contributed by atoms with Crippen LogP contribution in [0.3, 0.4) is 0 Å². The molecule has 7 heteroatoms. The lowest BCUT2D eigenvalue weighted by Crippen LogP contribution is -2.40. The highest BCUT2D eigenvalue weighted by atomic mass is 32.1. The van der Waals surface area contributed by atoms with Crippen LogP contribution in [0.2, 0.25) is 0 Å². The predicted octanol–water partition coefficient (Wildman–Crippen LogP) is 4.34. The molecule has 0 amide bonds. The molecular formula is C23H26N4O2S. The first-order valence-corrected chi connectivity index (χ1v) is 10.9. The van der Waals surface area contributed by atoms with E-state index in [1.165, 1.54) is 4.88 Å². The van der Waals surface area contributed by atoms with Gasteiger partial charge in [-0.2, -0.15) is 0 Å². The van der Waals surface area contributed by atoms with Gasteiger partial charge in [-0.3, -0.25) is 9.89 Å². The van der Waals surface area contributed by atoms with Crippen molar-refractivity contribution in [1.82, 2.24) is 4.90 Å². The van der Waals surface area contributed by atoms with Gasteiger partial charge in [-0.15, -0.1) is 11.3 Å². The second-order valence-electron chi connectivity index (χ2n) is 6.97. The van der Waals surface area contributed by atoms with Gasteiger partial charge in [0.2, 0.25) is 0 Å². The van der Waals surface area contributed by atoms with Crippen molar-refractivity contribution in [3.05, 3.63) is 77.0 Å². The summed E-state index contributed by atoms with van der Waals surface area (Å²) in [4.78, 5) is 8.35. The summed E-state index contributed by atoms with van der Waals surface area (Å²) >= 11 is 1.75. The van der Waals surface area contributed by atoms with E-state index in [1.54, 1.807) is 11.3 Å². The third-order valence-electron chi connectivity index (χ3n) is 4.88. The van der Waals surface area contributed by atoms with Crippen molar-refractivity contribution in [3.8, 4) is 11.5 Å². The molecule has 6 nitrogen and oxygen atoms in total. The Morgan fingerprint density at radius 1 is 1.07 bits per heavy atom. The fourth-order valence-corrected chi connectivity index (χ4v) is 4.24. The van der Waals surface area contributed by atoms with E-state index >= 15 is 0 Å². The van der Waals surface area contributed by atoms with Crippen molar-refractivity contribution in [2.45, 2.75) is 6.04 Å². The number of nitrogens with two attached hydrogens (primary N) is 1. The van der Waals surface area contributed by atoms with E-state index < -0.39 is 0 Å². The zero-order valence-corrected chi connectivity index (χ0v) is 17.6. The van der Waals surface area contributed by atoms with Crippen LogP contribution in [0, 0.1) is 0 Å². The Hall–Kier alpha value is -2.87. The molecule has 2 aromatic carbocycles. The molecule has 0 aliphatic carbocycles. The first-order valence-electron chi connectivity index (χ1n) is 10.0. The van der Waals surface area contributed by atoms with E-state index in [-0.39, 0.29) is 6.04 Å². The summed E-state index contributed by atoms with van der Waals surface area (Å²) in [5.41, 5.74) is 7.03. The van der Waals surface area contributed by atoms with E-state index in [4.69, 9.17) is 15.2 Å². The summed E-state index contributed by atoms with van der Waals surface area (Å²) < 4.78 is 11.4. The molecular weight excluding hydrogens is 396 g/mol. The Bertz CT molecular complexity index is 941. The summed E-state index contributed by atoms with van der Waals surface area (Å²) in [5.74, 6) is 1.92. The Labute approximate surface area is 181 Å². The first kappa shape index (κ1) is 20.4. The van der Waals surface area contributed by atoms with E-state index in [1.807, 2.05) is 54.6 Å². The molecule has 0 bridgehead atoms. The van der Waals surface area contributed by atoms with Crippen molar-refractivity contribution in [2.24, 2.45) is 10.7 Å². The number of ether oxygens (including phenoxy) is 2. The molecule has 0 saturated carbocycles. The maximum absolute atomic E-state index is 6.20. The van der Waals surface area contributed by atoms with Gasteiger partial charge in [0.05, 0.1) is 25.8 Å². The molecule has 1 fully saturated rings. The minimum absolute atomic E-state index is 0.210. The molecule has 3 N–H and O–H groups in total. The molecule has 0 spiro atoms. The van der Waals surface area contributed by atoms with Gasteiger partial charge >= 0.3 is 0 Å². The van der Waals surface area contributed by atoms with Crippen LogP contribution >= 0.6 is 11.3 Å². The van der Waals surface area contributed by atoms with Crippen molar-refractivity contribution in [3.63, 3.8) is 0 Å². The highest BCUT2D eigenvalue weighted by Gasteiger charge is 2.23. The molecule has 1 saturated heterocycles. The van der Waals surface area contributed by atoms with Crippen molar-refractivity contribution >= 4 is 23.0 Å². The van der Waals surface area contributed by atoms with Crippen LogP contribution in [-0.4, -0.2) is 43.7 Å². The SMILES string of the molecule is NC(=NCC(c1cccs1)N1CCOCC1)Nc1cccc(Oc2ccccc2)c1. The molecule has 30 heavy (non-hydrogen) atoms. The molecule has 3 aromatic rings. The van der Waals surface area contributed by atoms with Gasteiger partial charge in [-0.1, -0.05) is 30.3 Å². The predicted molar refractivity (Wildman–Crippen MR) is 123 cm³/mol. The summed E-state index contributed by atoms with van der Waals surface area (Å²) in [7, 11) is 0. The molecule has 0 radical (unpaired) electrons. The third kappa shape index (κ3) is 5.60. The number of hydrogen-bond acceptors (Lipinski definition) is 5. The highest BCUT2D eigenvalue weighted by molar-refractivity contribution is 7.10. The fraction of sp³-hybridized carbons (Fsp3) is 0.261. The minimum Gasteiger partial charge on any atom is -0.457 e. The fourth-order valence-electron chi connectivity index (χ4n) is 3.39. The second-order valence-corrected chi connectivity index (χ2v) is 7.95. The van der Waals surface area contributed by atoms with E-state index in [9.17, 15) is 0 Å². The quantitative estimate of drug-likeness (QED) is 0.438. The zero-order chi connectivity index (χ0) is 20.6. The number of hydrogen-bond donors (Lipinski definition) is 2. The average Bonchev–Trinajstić information content (AvgIpc) is 3.30. The lowest BCUT2D eigenvalue weighted by molar-refractivity contribution is 0.0187. The number of aliphatic imine (C=N–C) groups is 1. The molecule has 2 heterocycles. The minimum atomic E-state index is 0.210. The number of morpholine rings is 1. The second kappa shape index (κ2) is 10.2. The first-order chi connectivity index (χ1) is 14.8. The highest BCUT2D eigenvalue weighted by Crippen LogP contribution is 2.27. The van der Waals surface area contributed by atoms with Crippen LogP contribution in [-0.2, 0) is 4.74 Å². The molecule has 4 rings (SSSR count). The van der Waals surface area contributed by atoms with Gasteiger partial charge in [0.25, 0.3) is 0 Å². The van der Waals surface area contributed by atoms with Gasteiger partial charge in [0.15, 0.2) is 5.96 Å². The lowest BCUT2D eigenvalue weighted by Gasteiger charge is -2.33. The van der Waals surface area contributed by atoms with Crippen LogP contribution in [0.15, 0.2) is 77.1 Å². The largest absolute Gasteiger partial charge is 0.457 e.